The molecule has 1 atom stereocenters. The molecular formula is C35H33N5O5. The number of allylic oxidation sites excluding steroid dienone is 1. The number of carbonyl (C=O) groups excluding carboxylic acids is 1. The van der Waals surface area contributed by atoms with Gasteiger partial charge in [-0.2, -0.15) is 4.98 Å². The van der Waals surface area contributed by atoms with Crippen LogP contribution in [-0.4, -0.2) is 42.0 Å². The molecule has 45 heavy (non-hydrogen) atoms. The van der Waals surface area contributed by atoms with Gasteiger partial charge in [0.05, 0.1) is 32.6 Å². The molecule has 10 heteroatoms. The number of rotatable bonds is 10. The van der Waals surface area contributed by atoms with Crippen molar-refractivity contribution in [2.45, 2.75) is 19.6 Å². The number of nitrogens with one attached hydrogen (secondary N) is 2. The molecule has 0 radical (unpaired) electrons. The summed E-state index contributed by atoms with van der Waals surface area (Å²) in [6, 6.07) is 29.7. The first-order chi connectivity index (χ1) is 22.0. The minimum atomic E-state index is -0.646. The molecule has 4 aromatic carbocycles. The van der Waals surface area contributed by atoms with Crippen LogP contribution in [0.3, 0.4) is 0 Å². The van der Waals surface area contributed by atoms with E-state index >= 15 is 0 Å². The Bertz CT molecular complexity index is 1850. The molecule has 0 fully saturated rings. The van der Waals surface area contributed by atoms with Crippen molar-refractivity contribution in [2.75, 3.05) is 32.0 Å². The number of fused-ring (bicyclic) bond motifs is 1. The van der Waals surface area contributed by atoms with E-state index in [1.807, 2.05) is 91.9 Å². The Morgan fingerprint density at radius 3 is 2.31 bits per heavy atom. The summed E-state index contributed by atoms with van der Waals surface area (Å²) in [4.78, 5) is 18.9. The standard InChI is InChI=1S/C35H33N5O5/c1-22-31(34(41)37-27-12-8-9-13-28(27)43-3)32(40-35(36-22)38-33(39-40)24-14-17-26(42-2)18-15-24)25-16-19-29(30(20-25)44-4)45-21-23-10-6-5-7-11-23/h5-20,32H,21H2,1-4H3,(H,37,41)(H,36,38,39). The van der Waals surface area contributed by atoms with E-state index < -0.39 is 6.04 Å². The monoisotopic (exact) mass is 603 g/mol. The first-order valence-corrected chi connectivity index (χ1v) is 14.4. The Morgan fingerprint density at radius 1 is 0.844 bits per heavy atom. The predicted molar refractivity (Wildman–Crippen MR) is 172 cm³/mol. The van der Waals surface area contributed by atoms with Crippen molar-refractivity contribution in [3.63, 3.8) is 0 Å². The van der Waals surface area contributed by atoms with Crippen LogP contribution in [-0.2, 0) is 11.4 Å². The third kappa shape index (κ3) is 6.03. The van der Waals surface area contributed by atoms with Gasteiger partial charge in [-0.25, -0.2) is 4.68 Å². The maximum absolute atomic E-state index is 14.1. The van der Waals surface area contributed by atoms with E-state index in [0.29, 0.717) is 52.6 Å². The number of methoxy groups -OCH3 is 3. The highest BCUT2D eigenvalue weighted by atomic mass is 16.5. The van der Waals surface area contributed by atoms with Crippen LogP contribution in [0.15, 0.2) is 108 Å². The Kier molecular flexibility index (Phi) is 8.37. The van der Waals surface area contributed by atoms with Gasteiger partial charge in [0.15, 0.2) is 17.3 Å². The van der Waals surface area contributed by atoms with Crippen LogP contribution in [0.1, 0.15) is 24.1 Å². The molecule has 0 spiro atoms. The predicted octanol–water partition coefficient (Wildman–Crippen LogP) is 6.48. The van der Waals surface area contributed by atoms with Gasteiger partial charge in [-0.15, -0.1) is 5.10 Å². The van der Waals surface area contributed by atoms with Gasteiger partial charge in [0.1, 0.15) is 24.1 Å². The summed E-state index contributed by atoms with van der Waals surface area (Å²) in [6.45, 7) is 2.23. The van der Waals surface area contributed by atoms with Crippen molar-refractivity contribution in [1.82, 2.24) is 14.8 Å². The molecule has 0 saturated heterocycles. The maximum atomic E-state index is 14.1. The van der Waals surface area contributed by atoms with Gasteiger partial charge in [0.2, 0.25) is 5.95 Å². The van der Waals surface area contributed by atoms with Crippen LogP contribution < -0.4 is 29.6 Å². The fraction of sp³-hybridized carbons (Fsp3) is 0.171. The van der Waals surface area contributed by atoms with Gasteiger partial charge in [0, 0.05) is 11.3 Å². The Balaban J connectivity index is 1.41. The highest BCUT2D eigenvalue weighted by Gasteiger charge is 2.35. The van der Waals surface area contributed by atoms with Gasteiger partial charge < -0.3 is 29.6 Å². The van der Waals surface area contributed by atoms with Crippen LogP contribution in [0.4, 0.5) is 11.6 Å². The Hall–Kier alpha value is -5.77. The SMILES string of the molecule is COc1ccc(-c2nc3n(n2)C(c2ccc(OCc4ccccc4)c(OC)c2)C(C(=O)Nc2ccccc2OC)=C(C)N3)cc1. The van der Waals surface area contributed by atoms with Gasteiger partial charge in [-0.3, -0.25) is 4.79 Å². The zero-order valence-electron chi connectivity index (χ0n) is 25.4. The molecule has 1 amide bonds. The molecule has 228 valence electrons. The molecule has 0 saturated carbocycles. The lowest BCUT2D eigenvalue weighted by Crippen LogP contribution is -2.31. The molecule has 1 aliphatic rings. The quantitative estimate of drug-likeness (QED) is 0.187. The van der Waals surface area contributed by atoms with Gasteiger partial charge in [0.25, 0.3) is 5.91 Å². The average Bonchev–Trinajstić information content (AvgIpc) is 3.51. The third-order valence-corrected chi connectivity index (χ3v) is 7.54. The number of hydrogen-bond donors (Lipinski definition) is 2. The summed E-state index contributed by atoms with van der Waals surface area (Å²) >= 11 is 0. The van der Waals surface area contributed by atoms with Crippen molar-refractivity contribution < 1.29 is 23.7 Å². The maximum Gasteiger partial charge on any atom is 0.255 e. The topological polar surface area (TPSA) is 109 Å². The lowest BCUT2D eigenvalue weighted by molar-refractivity contribution is -0.113. The second-order valence-corrected chi connectivity index (χ2v) is 10.3. The van der Waals surface area contributed by atoms with Gasteiger partial charge in [-0.05, 0) is 66.6 Å². The normalized spacial score (nSPS) is 13.8. The molecule has 1 unspecified atom stereocenters. The van der Waals surface area contributed by atoms with Crippen molar-refractivity contribution in [3.8, 4) is 34.4 Å². The summed E-state index contributed by atoms with van der Waals surface area (Å²) in [5.74, 6) is 3.07. The highest BCUT2D eigenvalue weighted by Crippen LogP contribution is 2.40. The molecular weight excluding hydrogens is 570 g/mol. The molecule has 2 N–H and O–H groups in total. The van der Waals surface area contributed by atoms with Crippen molar-refractivity contribution >= 4 is 17.5 Å². The number of nitrogens with zero attached hydrogens (tertiary/aromatic N) is 3. The second kappa shape index (κ2) is 12.8. The zero-order valence-corrected chi connectivity index (χ0v) is 25.4. The second-order valence-electron chi connectivity index (χ2n) is 10.3. The van der Waals surface area contributed by atoms with E-state index in [1.54, 1.807) is 38.1 Å². The number of aromatic nitrogens is 3. The van der Waals surface area contributed by atoms with E-state index in [9.17, 15) is 4.79 Å². The molecule has 1 aromatic heterocycles. The van der Waals surface area contributed by atoms with E-state index in [0.717, 1.165) is 22.4 Å². The molecule has 0 bridgehead atoms. The summed E-state index contributed by atoms with van der Waals surface area (Å²) in [5.41, 5.74) is 4.25. The Morgan fingerprint density at radius 2 is 1.58 bits per heavy atom. The lowest BCUT2D eigenvalue weighted by atomic mass is 9.94. The number of benzene rings is 4. The van der Waals surface area contributed by atoms with Crippen LogP contribution in [0.5, 0.6) is 23.0 Å². The average molecular weight is 604 g/mol. The Labute approximate surface area is 261 Å². The lowest BCUT2D eigenvalue weighted by Gasteiger charge is -2.29. The van der Waals surface area contributed by atoms with Crippen molar-refractivity contribution in [3.05, 3.63) is 119 Å². The van der Waals surface area contributed by atoms with Crippen LogP contribution in [0.2, 0.25) is 0 Å². The largest absolute Gasteiger partial charge is 0.497 e. The minimum Gasteiger partial charge on any atom is -0.497 e. The summed E-state index contributed by atoms with van der Waals surface area (Å²) in [5, 5.41) is 11.2. The fourth-order valence-electron chi connectivity index (χ4n) is 5.26. The number of hydrogen-bond acceptors (Lipinski definition) is 8. The van der Waals surface area contributed by atoms with Gasteiger partial charge >= 0.3 is 0 Å². The number of ether oxygens (including phenoxy) is 4. The summed E-state index contributed by atoms with van der Waals surface area (Å²) < 4.78 is 24.4. The van der Waals surface area contributed by atoms with E-state index in [-0.39, 0.29) is 5.91 Å². The zero-order chi connectivity index (χ0) is 31.3. The van der Waals surface area contributed by atoms with E-state index in [1.165, 1.54) is 0 Å². The van der Waals surface area contributed by atoms with Crippen molar-refractivity contribution in [1.29, 1.82) is 0 Å². The minimum absolute atomic E-state index is 0.315. The summed E-state index contributed by atoms with van der Waals surface area (Å²) in [6.07, 6.45) is 0. The molecule has 1 aliphatic heterocycles. The summed E-state index contributed by atoms with van der Waals surface area (Å²) in [7, 11) is 4.78. The molecule has 6 rings (SSSR count). The first kappa shape index (κ1) is 29.3. The molecule has 2 heterocycles. The third-order valence-electron chi connectivity index (χ3n) is 7.54. The molecule has 10 nitrogen and oxygen atoms in total. The number of amides is 1. The molecule has 0 aliphatic carbocycles. The van der Waals surface area contributed by atoms with E-state index in [2.05, 4.69) is 10.6 Å². The number of carbonyl (C=O) groups is 1. The number of anilines is 2. The van der Waals surface area contributed by atoms with Crippen LogP contribution in [0.25, 0.3) is 11.4 Å². The number of para-hydroxylation sites is 2. The fourth-order valence-corrected chi connectivity index (χ4v) is 5.26. The first-order valence-electron chi connectivity index (χ1n) is 14.4. The smallest absolute Gasteiger partial charge is 0.255 e. The molecule has 5 aromatic rings. The van der Waals surface area contributed by atoms with Crippen LogP contribution >= 0.6 is 0 Å². The van der Waals surface area contributed by atoms with Gasteiger partial charge in [-0.1, -0.05) is 48.5 Å². The van der Waals surface area contributed by atoms with E-state index in [4.69, 9.17) is 29.0 Å². The highest BCUT2D eigenvalue weighted by molar-refractivity contribution is 6.06. The van der Waals surface area contributed by atoms with Crippen molar-refractivity contribution in [2.24, 2.45) is 0 Å². The van der Waals surface area contributed by atoms with Crippen LogP contribution in [0, 0.1) is 0 Å².